The third-order valence-corrected chi connectivity index (χ3v) is 5.12. The minimum atomic E-state index is -0.511. The van der Waals surface area contributed by atoms with Gasteiger partial charge in [0.05, 0.1) is 24.3 Å². The van der Waals surface area contributed by atoms with Crippen molar-refractivity contribution >= 4 is 17.7 Å². The molecule has 158 valence electrons. The van der Waals surface area contributed by atoms with Crippen molar-refractivity contribution in [3.63, 3.8) is 0 Å². The largest absolute Gasteiger partial charge is 0.465 e. The Hall–Kier alpha value is -2.75. The highest BCUT2D eigenvalue weighted by molar-refractivity contribution is 5.93. The van der Waals surface area contributed by atoms with Gasteiger partial charge in [0.2, 0.25) is 0 Å². The summed E-state index contributed by atoms with van der Waals surface area (Å²) in [6.45, 7) is 11.5. The monoisotopic (exact) mass is 401 g/mol. The molecule has 2 rings (SSSR count). The molecular formula is C22H31N3O4. The van der Waals surface area contributed by atoms with Gasteiger partial charge in [-0.05, 0) is 65.2 Å². The smallest absolute Gasteiger partial charge is 0.410 e. The van der Waals surface area contributed by atoms with Gasteiger partial charge in [0.1, 0.15) is 5.60 Å². The number of nitriles is 1. The van der Waals surface area contributed by atoms with Gasteiger partial charge in [0, 0.05) is 31.4 Å². The van der Waals surface area contributed by atoms with Crippen molar-refractivity contribution in [2.45, 2.75) is 59.1 Å². The molecule has 7 heteroatoms. The van der Waals surface area contributed by atoms with E-state index in [9.17, 15) is 14.9 Å². The molecular weight excluding hydrogens is 370 g/mol. The van der Waals surface area contributed by atoms with Crippen molar-refractivity contribution in [1.29, 1.82) is 5.26 Å². The van der Waals surface area contributed by atoms with Gasteiger partial charge < -0.3 is 19.3 Å². The van der Waals surface area contributed by atoms with Crippen LogP contribution in [-0.4, -0.2) is 55.3 Å². The molecule has 0 aromatic heterocycles. The molecule has 0 saturated carbocycles. The maximum atomic E-state index is 12.3. The van der Waals surface area contributed by atoms with E-state index in [-0.39, 0.29) is 12.1 Å². The van der Waals surface area contributed by atoms with Crippen LogP contribution >= 0.6 is 0 Å². The predicted molar refractivity (Wildman–Crippen MR) is 111 cm³/mol. The molecule has 1 aliphatic heterocycles. The molecule has 1 fully saturated rings. The Morgan fingerprint density at radius 2 is 1.90 bits per heavy atom. The number of amides is 1. The molecule has 1 aromatic rings. The van der Waals surface area contributed by atoms with Gasteiger partial charge in [-0.2, -0.15) is 5.26 Å². The maximum absolute atomic E-state index is 12.3. The lowest BCUT2D eigenvalue weighted by Gasteiger charge is -2.40. The third-order valence-electron chi connectivity index (χ3n) is 5.12. The van der Waals surface area contributed by atoms with Crippen molar-refractivity contribution in [2.24, 2.45) is 0 Å². The molecule has 1 heterocycles. The Labute approximate surface area is 173 Å². The van der Waals surface area contributed by atoms with E-state index in [2.05, 4.69) is 17.9 Å². The van der Waals surface area contributed by atoms with Gasteiger partial charge in [0.15, 0.2) is 0 Å². The lowest BCUT2D eigenvalue weighted by Crippen LogP contribution is -2.48. The molecule has 7 nitrogen and oxygen atoms in total. The van der Waals surface area contributed by atoms with E-state index in [1.54, 1.807) is 11.0 Å². The summed E-state index contributed by atoms with van der Waals surface area (Å²) in [7, 11) is 1.34. The van der Waals surface area contributed by atoms with Crippen molar-refractivity contribution in [2.75, 3.05) is 31.6 Å². The fraction of sp³-hybridized carbons (Fsp3) is 0.591. The van der Waals surface area contributed by atoms with E-state index in [0.717, 1.165) is 30.6 Å². The highest BCUT2D eigenvalue weighted by Gasteiger charge is 2.30. The Bertz CT molecular complexity index is 800. The average molecular weight is 402 g/mol. The first-order valence-electron chi connectivity index (χ1n) is 9.98. The number of likely N-dealkylation sites (tertiary alicyclic amines) is 1. The zero-order valence-corrected chi connectivity index (χ0v) is 18.2. The first-order chi connectivity index (χ1) is 13.6. The maximum Gasteiger partial charge on any atom is 0.410 e. The summed E-state index contributed by atoms with van der Waals surface area (Å²) < 4.78 is 10.4. The second-order valence-electron chi connectivity index (χ2n) is 8.26. The topological polar surface area (TPSA) is 82.9 Å². The van der Waals surface area contributed by atoms with Crippen LogP contribution in [0.4, 0.5) is 10.5 Å². The Balaban J connectivity index is 2.22. The number of nitrogens with zero attached hydrogens (tertiary/aromatic N) is 3. The number of hydrogen-bond donors (Lipinski definition) is 0. The normalized spacial score (nSPS) is 14.9. The predicted octanol–water partition coefficient (Wildman–Crippen LogP) is 3.88. The summed E-state index contributed by atoms with van der Waals surface area (Å²) >= 11 is 0. The second-order valence-corrected chi connectivity index (χ2v) is 8.26. The molecule has 0 spiro atoms. The van der Waals surface area contributed by atoms with Crippen LogP contribution in [0, 0.1) is 18.3 Å². The Morgan fingerprint density at radius 1 is 1.28 bits per heavy atom. The van der Waals surface area contributed by atoms with Gasteiger partial charge in [-0.15, -0.1) is 0 Å². The van der Waals surface area contributed by atoms with E-state index in [1.807, 2.05) is 33.8 Å². The zero-order valence-electron chi connectivity index (χ0n) is 18.2. The molecule has 0 atom stereocenters. The Morgan fingerprint density at radius 3 is 2.38 bits per heavy atom. The fourth-order valence-corrected chi connectivity index (χ4v) is 3.70. The van der Waals surface area contributed by atoms with E-state index >= 15 is 0 Å². The highest BCUT2D eigenvalue weighted by Crippen LogP contribution is 2.30. The summed E-state index contributed by atoms with van der Waals surface area (Å²) in [5.74, 6) is -0.448. The minimum Gasteiger partial charge on any atom is -0.465 e. The fourth-order valence-electron chi connectivity index (χ4n) is 3.70. The number of anilines is 1. The number of ether oxygens (including phenoxy) is 2. The number of carbonyl (C=O) groups excluding carboxylic acids is 2. The summed E-state index contributed by atoms with van der Waals surface area (Å²) in [4.78, 5) is 28.4. The molecule has 29 heavy (non-hydrogen) atoms. The number of hydrogen-bond acceptors (Lipinski definition) is 6. The number of methoxy groups -OCH3 is 1. The SMILES string of the molecule is CCN(c1cc(C#N)cc(C(=O)OC)c1C)C1CCN(C(=O)OC(C)(C)C)CC1. The van der Waals surface area contributed by atoms with Gasteiger partial charge in [0.25, 0.3) is 0 Å². The second kappa shape index (κ2) is 9.17. The van der Waals surface area contributed by atoms with E-state index in [1.165, 1.54) is 7.11 Å². The third kappa shape index (κ3) is 5.41. The minimum absolute atomic E-state index is 0.205. The molecule has 0 N–H and O–H groups in total. The highest BCUT2D eigenvalue weighted by atomic mass is 16.6. The first kappa shape index (κ1) is 22.5. The summed E-state index contributed by atoms with van der Waals surface area (Å²) in [6.07, 6.45) is 1.29. The first-order valence-corrected chi connectivity index (χ1v) is 9.98. The number of esters is 1. The molecule has 0 unspecified atom stereocenters. The van der Waals surface area contributed by atoms with Crippen LogP contribution in [0.1, 0.15) is 62.0 Å². The van der Waals surface area contributed by atoms with Crippen LogP contribution in [0.25, 0.3) is 0 Å². The molecule has 0 aliphatic carbocycles. The van der Waals surface area contributed by atoms with Gasteiger partial charge in [-0.25, -0.2) is 9.59 Å². The zero-order chi connectivity index (χ0) is 21.8. The lowest BCUT2D eigenvalue weighted by molar-refractivity contribution is 0.0204. The Kier molecular flexibility index (Phi) is 7.12. The van der Waals surface area contributed by atoms with E-state index in [0.29, 0.717) is 24.2 Å². The quantitative estimate of drug-likeness (QED) is 0.712. The molecule has 1 aromatic carbocycles. The van der Waals surface area contributed by atoms with Gasteiger partial charge in [-0.1, -0.05) is 0 Å². The van der Waals surface area contributed by atoms with Gasteiger partial charge in [-0.3, -0.25) is 0 Å². The van der Waals surface area contributed by atoms with Crippen molar-refractivity contribution in [3.05, 3.63) is 28.8 Å². The van der Waals surface area contributed by atoms with Gasteiger partial charge >= 0.3 is 12.1 Å². The number of piperidine rings is 1. The standard InChI is InChI=1S/C22H31N3O4/c1-7-25(17-8-10-24(11-9-17)21(27)29-22(3,4)5)19-13-16(14-23)12-18(15(19)2)20(26)28-6/h12-13,17H,7-11H2,1-6H3. The molecule has 1 aliphatic rings. The van der Waals surface area contributed by atoms with Crippen LogP contribution in [0.2, 0.25) is 0 Å². The van der Waals surface area contributed by atoms with E-state index in [4.69, 9.17) is 9.47 Å². The lowest BCUT2D eigenvalue weighted by atomic mass is 9.98. The van der Waals surface area contributed by atoms with Crippen LogP contribution in [0.15, 0.2) is 12.1 Å². The van der Waals surface area contributed by atoms with Crippen LogP contribution in [-0.2, 0) is 9.47 Å². The molecule has 0 radical (unpaired) electrons. The summed E-state index contributed by atoms with van der Waals surface area (Å²) in [5, 5.41) is 9.41. The average Bonchev–Trinajstić information content (AvgIpc) is 2.68. The molecule has 1 saturated heterocycles. The molecule has 1 amide bonds. The summed E-state index contributed by atoms with van der Waals surface area (Å²) in [6, 6.07) is 5.74. The van der Waals surface area contributed by atoms with Crippen LogP contribution in [0.3, 0.4) is 0 Å². The van der Waals surface area contributed by atoms with Crippen LogP contribution < -0.4 is 4.90 Å². The van der Waals surface area contributed by atoms with Crippen molar-refractivity contribution < 1.29 is 19.1 Å². The number of carbonyl (C=O) groups is 2. The molecule has 0 bridgehead atoms. The summed E-state index contributed by atoms with van der Waals surface area (Å²) in [5.41, 5.74) is 1.99. The van der Waals surface area contributed by atoms with Crippen molar-refractivity contribution in [1.82, 2.24) is 4.90 Å². The van der Waals surface area contributed by atoms with Crippen molar-refractivity contribution in [3.8, 4) is 6.07 Å². The number of benzene rings is 1. The van der Waals surface area contributed by atoms with Crippen LogP contribution in [0.5, 0.6) is 0 Å². The van der Waals surface area contributed by atoms with E-state index < -0.39 is 11.6 Å². The number of rotatable bonds is 4.